The van der Waals surface area contributed by atoms with Crippen molar-refractivity contribution in [2.75, 3.05) is 41.3 Å². The Hall–Kier alpha value is -3.52. The van der Waals surface area contributed by atoms with Gasteiger partial charge in [0.15, 0.2) is 6.61 Å². The third kappa shape index (κ3) is 5.95. The van der Waals surface area contributed by atoms with Gasteiger partial charge in [0.2, 0.25) is 0 Å². The van der Waals surface area contributed by atoms with Gasteiger partial charge < -0.3 is 15.0 Å². The number of para-hydroxylation sites is 2. The van der Waals surface area contributed by atoms with Crippen molar-refractivity contribution < 1.29 is 17.9 Å². The predicted molar refractivity (Wildman–Crippen MR) is 140 cm³/mol. The molecule has 4 rings (SSSR count). The fraction of sp³-hybridized carbons (Fsp3) is 0.296. The number of amides is 1. The fourth-order valence-electron chi connectivity index (χ4n) is 4.08. The molecule has 1 aliphatic heterocycles. The van der Waals surface area contributed by atoms with E-state index < -0.39 is 10.0 Å². The van der Waals surface area contributed by atoms with E-state index in [0.717, 1.165) is 42.9 Å². The number of piperidine rings is 1. The maximum absolute atomic E-state index is 12.9. The molecule has 7 nitrogen and oxygen atoms in total. The topological polar surface area (TPSA) is 78.9 Å². The third-order valence-electron chi connectivity index (χ3n) is 6.12. The molecule has 8 heteroatoms. The van der Waals surface area contributed by atoms with Gasteiger partial charge in [0.05, 0.1) is 22.0 Å². The van der Waals surface area contributed by atoms with Crippen LogP contribution in [-0.4, -0.2) is 41.1 Å². The van der Waals surface area contributed by atoms with Crippen LogP contribution in [0.4, 0.5) is 17.1 Å². The van der Waals surface area contributed by atoms with E-state index in [0.29, 0.717) is 11.4 Å². The fourth-order valence-corrected chi connectivity index (χ4v) is 5.28. The van der Waals surface area contributed by atoms with Crippen LogP contribution in [0.2, 0.25) is 0 Å². The number of benzene rings is 3. The van der Waals surface area contributed by atoms with Gasteiger partial charge >= 0.3 is 0 Å². The summed E-state index contributed by atoms with van der Waals surface area (Å²) in [5.74, 6) is 0.229. The van der Waals surface area contributed by atoms with Crippen molar-refractivity contribution in [3.63, 3.8) is 0 Å². The van der Waals surface area contributed by atoms with Gasteiger partial charge in [0.1, 0.15) is 5.75 Å². The van der Waals surface area contributed by atoms with Crippen molar-refractivity contribution in [2.45, 2.75) is 31.1 Å². The lowest BCUT2D eigenvalue weighted by Gasteiger charge is -2.30. The van der Waals surface area contributed by atoms with Crippen LogP contribution in [0.5, 0.6) is 5.75 Å². The quantitative estimate of drug-likeness (QED) is 0.486. The van der Waals surface area contributed by atoms with E-state index >= 15 is 0 Å². The molecule has 1 saturated heterocycles. The lowest BCUT2D eigenvalue weighted by Crippen LogP contribution is -2.30. The number of hydrogen-bond acceptors (Lipinski definition) is 5. The molecular formula is C27H31N3O4S. The molecule has 0 aromatic heterocycles. The van der Waals surface area contributed by atoms with Gasteiger partial charge in [-0.05, 0) is 74.7 Å². The van der Waals surface area contributed by atoms with Crippen molar-refractivity contribution in [1.82, 2.24) is 0 Å². The van der Waals surface area contributed by atoms with Gasteiger partial charge in [-0.15, -0.1) is 0 Å². The van der Waals surface area contributed by atoms with E-state index in [9.17, 15) is 13.2 Å². The third-order valence-corrected chi connectivity index (χ3v) is 7.92. The highest BCUT2D eigenvalue weighted by molar-refractivity contribution is 7.92. The molecule has 0 spiro atoms. The van der Waals surface area contributed by atoms with E-state index in [1.54, 1.807) is 48.5 Å². The first-order chi connectivity index (χ1) is 16.8. The van der Waals surface area contributed by atoms with Gasteiger partial charge in [-0.1, -0.05) is 29.8 Å². The number of aryl methyl sites for hydroxylation is 1. The van der Waals surface area contributed by atoms with Gasteiger partial charge in [-0.25, -0.2) is 8.42 Å². The zero-order chi connectivity index (χ0) is 24.8. The van der Waals surface area contributed by atoms with E-state index in [1.807, 2.05) is 31.2 Å². The smallest absolute Gasteiger partial charge is 0.264 e. The Kier molecular flexibility index (Phi) is 7.60. The number of carbonyl (C=O) groups is 1. The SMILES string of the molecule is Cc1ccc(S(=O)(=O)N(C)c2ccc(OCC(=O)Nc3ccccc3N3CCCCC3)cc2)cc1. The average molecular weight is 494 g/mol. The van der Waals surface area contributed by atoms with E-state index in [4.69, 9.17) is 4.74 Å². The van der Waals surface area contributed by atoms with Crippen LogP contribution < -0.4 is 19.3 Å². The lowest BCUT2D eigenvalue weighted by atomic mass is 10.1. The zero-order valence-electron chi connectivity index (χ0n) is 20.1. The maximum atomic E-state index is 12.9. The zero-order valence-corrected chi connectivity index (χ0v) is 20.9. The number of carbonyl (C=O) groups excluding carboxylic acids is 1. The Labute approximate surface area is 207 Å². The molecule has 0 saturated carbocycles. The summed E-state index contributed by atoms with van der Waals surface area (Å²) in [6, 6.07) is 21.2. The van der Waals surface area contributed by atoms with Crippen molar-refractivity contribution in [2.24, 2.45) is 0 Å². The van der Waals surface area contributed by atoms with E-state index in [2.05, 4.69) is 10.2 Å². The molecule has 1 N–H and O–H groups in total. The number of nitrogens with zero attached hydrogens (tertiary/aromatic N) is 2. The summed E-state index contributed by atoms with van der Waals surface area (Å²) in [6.45, 7) is 3.74. The van der Waals surface area contributed by atoms with Crippen LogP contribution in [-0.2, 0) is 14.8 Å². The first-order valence-electron chi connectivity index (χ1n) is 11.8. The molecule has 3 aromatic rings. The second-order valence-electron chi connectivity index (χ2n) is 8.68. The molecule has 1 aliphatic rings. The number of hydrogen-bond donors (Lipinski definition) is 1. The molecule has 1 fully saturated rings. The highest BCUT2D eigenvalue weighted by atomic mass is 32.2. The van der Waals surface area contributed by atoms with Crippen molar-refractivity contribution >= 4 is 33.0 Å². The number of nitrogens with one attached hydrogen (secondary N) is 1. The highest BCUT2D eigenvalue weighted by Crippen LogP contribution is 2.28. The first-order valence-corrected chi connectivity index (χ1v) is 13.2. The molecule has 1 heterocycles. The standard InChI is InChI=1S/C27H31N3O4S/c1-21-10-16-24(17-11-21)35(32,33)29(2)22-12-14-23(15-13-22)34-20-27(31)28-25-8-4-5-9-26(25)30-18-6-3-7-19-30/h4-5,8-17H,3,6-7,18-20H2,1-2H3,(H,28,31). The minimum Gasteiger partial charge on any atom is -0.484 e. The molecule has 0 bridgehead atoms. The van der Waals surface area contributed by atoms with Crippen LogP contribution in [0.15, 0.2) is 77.7 Å². The summed E-state index contributed by atoms with van der Waals surface area (Å²) in [4.78, 5) is 15.1. The maximum Gasteiger partial charge on any atom is 0.264 e. The molecule has 0 aliphatic carbocycles. The summed E-state index contributed by atoms with van der Waals surface area (Å²) >= 11 is 0. The molecule has 0 unspecified atom stereocenters. The minimum atomic E-state index is -3.67. The monoisotopic (exact) mass is 493 g/mol. The molecule has 3 aromatic carbocycles. The lowest BCUT2D eigenvalue weighted by molar-refractivity contribution is -0.118. The van der Waals surface area contributed by atoms with Gasteiger partial charge in [0.25, 0.3) is 15.9 Å². The first kappa shape index (κ1) is 24.6. The van der Waals surface area contributed by atoms with Crippen molar-refractivity contribution in [1.29, 1.82) is 0 Å². The molecular weight excluding hydrogens is 462 g/mol. The summed E-state index contributed by atoms with van der Waals surface area (Å²) in [5, 5.41) is 2.96. The summed E-state index contributed by atoms with van der Waals surface area (Å²) in [6.07, 6.45) is 3.55. The average Bonchev–Trinajstić information content (AvgIpc) is 2.88. The Morgan fingerprint density at radius 2 is 1.60 bits per heavy atom. The van der Waals surface area contributed by atoms with E-state index in [-0.39, 0.29) is 17.4 Å². The second-order valence-corrected chi connectivity index (χ2v) is 10.7. The molecule has 184 valence electrons. The number of ether oxygens (including phenoxy) is 1. The molecule has 0 atom stereocenters. The molecule has 35 heavy (non-hydrogen) atoms. The minimum absolute atomic E-state index is 0.148. The Bertz CT molecular complexity index is 1250. The predicted octanol–water partition coefficient (Wildman–Crippen LogP) is 4.83. The Morgan fingerprint density at radius 3 is 2.29 bits per heavy atom. The normalized spacial score (nSPS) is 13.8. The second kappa shape index (κ2) is 10.8. The summed E-state index contributed by atoms with van der Waals surface area (Å²) < 4.78 is 32.7. The van der Waals surface area contributed by atoms with Crippen LogP contribution in [0.1, 0.15) is 24.8 Å². The summed E-state index contributed by atoms with van der Waals surface area (Å²) in [7, 11) is -2.16. The Balaban J connectivity index is 1.36. The van der Waals surface area contributed by atoms with Gasteiger partial charge in [-0.3, -0.25) is 9.10 Å². The number of rotatable bonds is 8. The largest absolute Gasteiger partial charge is 0.484 e. The Morgan fingerprint density at radius 1 is 0.943 bits per heavy atom. The van der Waals surface area contributed by atoms with E-state index in [1.165, 1.54) is 17.8 Å². The van der Waals surface area contributed by atoms with Crippen molar-refractivity contribution in [3.05, 3.63) is 78.4 Å². The van der Waals surface area contributed by atoms with Crippen LogP contribution in [0.3, 0.4) is 0 Å². The number of sulfonamides is 1. The number of anilines is 3. The molecule has 1 amide bonds. The van der Waals surface area contributed by atoms with Gasteiger partial charge in [0, 0.05) is 20.1 Å². The molecule has 0 radical (unpaired) electrons. The van der Waals surface area contributed by atoms with Crippen LogP contribution in [0, 0.1) is 6.92 Å². The van der Waals surface area contributed by atoms with Gasteiger partial charge in [-0.2, -0.15) is 0 Å². The van der Waals surface area contributed by atoms with Crippen molar-refractivity contribution in [3.8, 4) is 5.75 Å². The highest BCUT2D eigenvalue weighted by Gasteiger charge is 2.21. The van der Waals surface area contributed by atoms with Crippen LogP contribution in [0.25, 0.3) is 0 Å². The van der Waals surface area contributed by atoms with Crippen LogP contribution >= 0.6 is 0 Å². The summed E-state index contributed by atoms with van der Waals surface area (Å²) in [5.41, 5.74) is 3.30.